The Morgan fingerprint density at radius 1 is 1.32 bits per heavy atom. The van der Waals surface area contributed by atoms with Crippen molar-refractivity contribution in [1.82, 2.24) is 4.98 Å². The summed E-state index contributed by atoms with van der Waals surface area (Å²) in [4.78, 5) is 18.4. The molecule has 1 aliphatic heterocycles. The number of ether oxygens (including phenoxy) is 1. The van der Waals surface area contributed by atoms with Gasteiger partial charge in [0.15, 0.2) is 0 Å². The second-order valence-electron chi connectivity index (χ2n) is 5.52. The molecule has 0 bridgehead atoms. The molecule has 2 heterocycles. The van der Waals surface area contributed by atoms with Crippen LogP contribution in [-0.2, 0) is 4.74 Å². The first-order valence-electron chi connectivity index (χ1n) is 7.14. The lowest BCUT2D eigenvalue weighted by Crippen LogP contribution is -2.29. The van der Waals surface area contributed by atoms with E-state index in [1.54, 1.807) is 4.90 Å². The number of aryl methyl sites for hydroxylation is 1. The van der Waals surface area contributed by atoms with Gasteiger partial charge in [-0.05, 0) is 48.4 Å². The molecule has 0 aliphatic carbocycles. The van der Waals surface area contributed by atoms with Crippen LogP contribution in [0.4, 0.5) is 14.6 Å². The molecule has 0 atom stereocenters. The highest BCUT2D eigenvalue weighted by Crippen LogP contribution is 2.33. The summed E-state index contributed by atoms with van der Waals surface area (Å²) in [6.07, 6.45) is 0.0259. The third-order valence-corrected chi connectivity index (χ3v) is 5.52. The number of halogens is 3. The number of carbonyl (C=O) groups is 1. The molecule has 0 aromatic carbocycles. The summed E-state index contributed by atoms with van der Waals surface area (Å²) in [6, 6.07) is 0. The minimum absolute atomic E-state index is 0.126. The van der Waals surface area contributed by atoms with Crippen molar-refractivity contribution < 1.29 is 18.3 Å². The Kier molecular flexibility index (Phi) is 5.24. The van der Waals surface area contributed by atoms with Crippen LogP contribution < -0.4 is 4.90 Å². The second-order valence-corrected chi connectivity index (χ2v) is 6.60. The van der Waals surface area contributed by atoms with E-state index in [4.69, 9.17) is 4.74 Å². The van der Waals surface area contributed by atoms with E-state index in [2.05, 4.69) is 27.6 Å². The van der Waals surface area contributed by atoms with Gasteiger partial charge in [-0.25, -0.2) is 18.6 Å². The predicted octanol–water partition coefficient (Wildman–Crippen LogP) is 3.72. The lowest BCUT2D eigenvalue weighted by Gasteiger charge is -2.25. The Labute approximate surface area is 142 Å². The number of rotatable bonds is 2. The maximum Gasteiger partial charge on any atom is 0.341 e. The van der Waals surface area contributed by atoms with Crippen molar-refractivity contribution in [3.8, 4) is 0 Å². The Morgan fingerprint density at radius 3 is 2.64 bits per heavy atom. The lowest BCUT2D eigenvalue weighted by molar-refractivity contribution is -0.0102. The Bertz CT molecular complexity index is 593. The van der Waals surface area contributed by atoms with Crippen molar-refractivity contribution >= 4 is 34.4 Å². The van der Waals surface area contributed by atoms with Gasteiger partial charge in [0.1, 0.15) is 11.4 Å². The first kappa shape index (κ1) is 17.4. The van der Waals surface area contributed by atoms with E-state index in [-0.39, 0.29) is 19.4 Å². The van der Waals surface area contributed by atoms with Gasteiger partial charge in [0.05, 0.1) is 12.8 Å². The van der Waals surface area contributed by atoms with E-state index in [0.29, 0.717) is 24.3 Å². The van der Waals surface area contributed by atoms with Crippen LogP contribution in [0.2, 0.25) is 0 Å². The Balaban J connectivity index is 2.47. The molecule has 1 aromatic heterocycles. The lowest BCUT2D eigenvalue weighted by atomic mass is 10.1. The number of hydrogen-bond donors (Lipinski definition) is 0. The monoisotopic (exact) mass is 424 g/mol. The third-order valence-electron chi connectivity index (χ3n) is 3.93. The number of methoxy groups -OCH3 is 1. The molecular weight excluding hydrogens is 405 g/mol. The molecule has 1 fully saturated rings. The quantitative estimate of drug-likeness (QED) is 0.537. The molecule has 1 aliphatic rings. The summed E-state index contributed by atoms with van der Waals surface area (Å²) in [5.74, 6) is -2.66. The fourth-order valence-electron chi connectivity index (χ4n) is 2.66. The van der Waals surface area contributed by atoms with E-state index < -0.39 is 11.9 Å². The van der Waals surface area contributed by atoms with Gasteiger partial charge in [-0.15, -0.1) is 0 Å². The SMILES string of the molecule is COC(=O)c1c(N2CCCC(F)(F)CC2)nc(C)c(I)c1C. The average molecular weight is 424 g/mol. The Hall–Kier alpha value is -0.990. The van der Waals surface area contributed by atoms with Crippen LogP contribution in [-0.4, -0.2) is 37.1 Å². The summed E-state index contributed by atoms with van der Waals surface area (Å²) in [5, 5.41) is 0. The standard InChI is InChI=1S/C15H19F2IN2O2/c1-9-11(14(21)22-3)13(19-10(2)12(9)18)20-7-4-5-15(16,17)6-8-20/h4-8H2,1-3H3. The number of nitrogens with zero attached hydrogens (tertiary/aromatic N) is 2. The van der Waals surface area contributed by atoms with Gasteiger partial charge in [-0.1, -0.05) is 0 Å². The molecule has 0 radical (unpaired) electrons. The molecule has 7 heteroatoms. The van der Waals surface area contributed by atoms with Gasteiger partial charge in [0.2, 0.25) is 5.92 Å². The molecule has 2 rings (SSSR count). The molecule has 0 N–H and O–H groups in total. The number of pyridine rings is 1. The molecule has 122 valence electrons. The zero-order valence-corrected chi connectivity index (χ0v) is 15.0. The predicted molar refractivity (Wildman–Crippen MR) is 88.8 cm³/mol. The molecule has 0 amide bonds. The highest BCUT2D eigenvalue weighted by atomic mass is 127. The van der Waals surface area contributed by atoms with Crippen LogP contribution in [0.25, 0.3) is 0 Å². The number of hydrogen-bond acceptors (Lipinski definition) is 4. The van der Waals surface area contributed by atoms with Crippen LogP contribution in [0.3, 0.4) is 0 Å². The molecule has 4 nitrogen and oxygen atoms in total. The minimum atomic E-state index is -2.65. The third kappa shape index (κ3) is 3.49. The van der Waals surface area contributed by atoms with Crippen molar-refractivity contribution in [2.24, 2.45) is 0 Å². The summed E-state index contributed by atoms with van der Waals surface area (Å²) in [5.41, 5.74) is 1.95. The first-order chi connectivity index (χ1) is 10.3. The fourth-order valence-corrected chi connectivity index (χ4v) is 3.05. The summed E-state index contributed by atoms with van der Waals surface area (Å²) < 4.78 is 32.9. The number of esters is 1. The summed E-state index contributed by atoms with van der Waals surface area (Å²) in [6.45, 7) is 4.33. The van der Waals surface area contributed by atoms with Crippen LogP contribution in [0.15, 0.2) is 0 Å². The van der Waals surface area contributed by atoms with Gasteiger partial charge in [-0.3, -0.25) is 0 Å². The van der Waals surface area contributed by atoms with Gasteiger partial charge < -0.3 is 9.64 Å². The van der Waals surface area contributed by atoms with E-state index in [0.717, 1.165) is 14.8 Å². The molecule has 22 heavy (non-hydrogen) atoms. The number of carbonyl (C=O) groups excluding carboxylic acids is 1. The van der Waals surface area contributed by atoms with Crippen LogP contribution in [0.1, 0.15) is 40.9 Å². The molecular formula is C15H19F2IN2O2. The Morgan fingerprint density at radius 2 is 2.00 bits per heavy atom. The van der Waals surface area contributed by atoms with E-state index in [1.807, 2.05) is 13.8 Å². The number of alkyl halides is 2. The molecule has 0 saturated carbocycles. The van der Waals surface area contributed by atoms with Crippen molar-refractivity contribution in [3.05, 3.63) is 20.4 Å². The largest absolute Gasteiger partial charge is 0.465 e. The van der Waals surface area contributed by atoms with Gasteiger partial charge in [0, 0.05) is 29.5 Å². The number of anilines is 1. The zero-order valence-electron chi connectivity index (χ0n) is 12.9. The van der Waals surface area contributed by atoms with E-state index in [1.165, 1.54) is 7.11 Å². The van der Waals surface area contributed by atoms with Crippen LogP contribution >= 0.6 is 22.6 Å². The first-order valence-corrected chi connectivity index (χ1v) is 8.22. The zero-order chi connectivity index (χ0) is 16.5. The smallest absolute Gasteiger partial charge is 0.341 e. The van der Waals surface area contributed by atoms with Crippen molar-refractivity contribution in [3.63, 3.8) is 0 Å². The van der Waals surface area contributed by atoms with Gasteiger partial charge in [-0.2, -0.15) is 0 Å². The van der Waals surface area contributed by atoms with Crippen molar-refractivity contribution in [2.75, 3.05) is 25.1 Å². The number of aromatic nitrogens is 1. The highest BCUT2D eigenvalue weighted by Gasteiger charge is 2.33. The molecule has 1 saturated heterocycles. The van der Waals surface area contributed by atoms with Crippen LogP contribution in [0.5, 0.6) is 0 Å². The van der Waals surface area contributed by atoms with Crippen molar-refractivity contribution in [2.45, 2.75) is 39.0 Å². The highest BCUT2D eigenvalue weighted by molar-refractivity contribution is 14.1. The van der Waals surface area contributed by atoms with Gasteiger partial charge in [0.25, 0.3) is 0 Å². The maximum atomic E-state index is 13.6. The topological polar surface area (TPSA) is 42.4 Å². The summed E-state index contributed by atoms with van der Waals surface area (Å²) >= 11 is 2.14. The maximum absolute atomic E-state index is 13.6. The summed E-state index contributed by atoms with van der Waals surface area (Å²) in [7, 11) is 1.31. The molecule has 1 aromatic rings. The minimum Gasteiger partial charge on any atom is -0.465 e. The normalized spacial score (nSPS) is 18.0. The molecule has 0 unspecified atom stereocenters. The molecule has 0 spiro atoms. The fraction of sp³-hybridized carbons (Fsp3) is 0.600. The van der Waals surface area contributed by atoms with Gasteiger partial charge >= 0.3 is 5.97 Å². The van der Waals surface area contributed by atoms with E-state index in [9.17, 15) is 13.6 Å². The van der Waals surface area contributed by atoms with Crippen molar-refractivity contribution in [1.29, 1.82) is 0 Å². The van der Waals surface area contributed by atoms with Crippen LogP contribution in [0, 0.1) is 17.4 Å². The van der Waals surface area contributed by atoms with E-state index >= 15 is 0 Å². The second kappa shape index (κ2) is 6.64. The average Bonchev–Trinajstić information content (AvgIpc) is 2.64.